The summed E-state index contributed by atoms with van der Waals surface area (Å²) >= 11 is 1.53. The lowest BCUT2D eigenvalue weighted by Crippen LogP contribution is -2.39. The topological polar surface area (TPSA) is 66.4 Å². The van der Waals surface area contributed by atoms with Crippen molar-refractivity contribution in [1.29, 1.82) is 0 Å². The summed E-state index contributed by atoms with van der Waals surface area (Å²) in [6.45, 7) is 4.10. The third-order valence-electron chi connectivity index (χ3n) is 3.92. The number of carbonyl (C=O) groups excluding carboxylic acids is 1. The van der Waals surface area contributed by atoms with Gasteiger partial charge >= 0.3 is 5.97 Å². The second-order valence-corrected chi connectivity index (χ2v) is 6.58. The van der Waals surface area contributed by atoms with Crippen molar-refractivity contribution in [2.75, 3.05) is 0 Å². The van der Waals surface area contributed by atoms with Gasteiger partial charge in [0.1, 0.15) is 0 Å². The third kappa shape index (κ3) is 3.39. The molecule has 1 aliphatic rings. The molecule has 5 heteroatoms. The van der Waals surface area contributed by atoms with Gasteiger partial charge in [0.2, 0.25) is 0 Å². The van der Waals surface area contributed by atoms with E-state index in [1.54, 1.807) is 0 Å². The van der Waals surface area contributed by atoms with Crippen LogP contribution in [-0.4, -0.2) is 23.0 Å². The number of amides is 1. The van der Waals surface area contributed by atoms with Gasteiger partial charge in [0.25, 0.3) is 5.91 Å². The van der Waals surface area contributed by atoms with Crippen LogP contribution in [0.15, 0.2) is 6.07 Å². The molecule has 0 radical (unpaired) electrons. The van der Waals surface area contributed by atoms with E-state index in [1.165, 1.54) is 16.2 Å². The smallest absolute Gasteiger partial charge is 0.306 e. The number of aryl methyl sites for hydroxylation is 2. The fourth-order valence-electron chi connectivity index (χ4n) is 2.78. The molecule has 1 aromatic heterocycles. The first-order valence-electron chi connectivity index (χ1n) is 7.14. The average molecular weight is 295 g/mol. The maximum Gasteiger partial charge on any atom is 0.306 e. The molecule has 4 nitrogen and oxygen atoms in total. The molecule has 2 rings (SSSR count). The number of hydrogen-bond donors (Lipinski definition) is 2. The van der Waals surface area contributed by atoms with E-state index in [4.69, 9.17) is 5.11 Å². The fourth-order valence-corrected chi connectivity index (χ4v) is 3.80. The summed E-state index contributed by atoms with van der Waals surface area (Å²) in [5.74, 6) is -1.12. The Morgan fingerprint density at radius 3 is 2.80 bits per heavy atom. The van der Waals surface area contributed by atoms with Crippen LogP contribution in [0.4, 0.5) is 0 Å². The molecule has 1 heterocycles. The first kappa shape index (κ1) is 15.0. The van der Waals surface area contributed by atoms with Gasteiger partial charge in [0.05, 0.1) is 10.8 Å². The lowest BCUT2D eigenvalue weighted by atomic mass is 9.86. The number of aliphatic carboxylic acids is 1. The second-order valence-electron chi connectivity index (χ2n) is 5.44. The third-order valence-corrected chi connectivity index (χ3v) is 5.30. The van der Waals surface area contributed by atoms with E-state index in [-0.39, 0.29) is 17.9 Å². The Bertz CT molecular complexity index is 509. The Labute approximate surface area is 123 Å². The highest BCUT2D eigenvalue weighted by Crippen LogP contribution is 2.26. The maximum absolute atomic E-state index is 12.2. The van der Waals surface area contributed by atoms with Crippen molar-refractivity contribution in [3.63, 3.8) is 0 Å². The zero-order chi connectivity index (χ0) is 14.7. The van der Waals surface area contributed by atoms with Gasteiger partial charge < -0.3 is 10.4 Å². The molecule has 110 valence electrons. The average Bonchev–Trinajstić information content (AvgIpc) is 2.80. The van der Waals surface area contributed by atoms with Gasteiger partial charge in [-0.05, 0) is 44.2 Å². The Morgan fingerprint density at radius 2 is 2.20 bits per heavy atom. The highest BCUT2D eigenvalue weighted by Gasteiger charge is 2.28. The molecule has 2 N–H and O–H groups in total. The maximum atomic E-state index is 12.2. The van der Waals surface area contributed by atoms with E-state index in [2.05, 4.69) is 12.2 Å². The summed E-state index contributed by atoms with van der Waals surface area (Å²) in [5.41, 5.74) is 1.16. The van der Waals surface area contributed by atoms with Crippen molar-refractivity contribution < 1.29 is 14.7 Å². The van der Waals surface area contributed by atoms with Crippen molar-refractivity contribution in [2.24, 2.45) is 5.92 Å². The molecule has 1 fully saturated rings. The Hall–Kier alpha value is -1.36. The van der Waals surface area contributed by atoms with Crippen molar-refractivity contribution >= 4 is 23.2 Å². The quantitative estimate of drug-likeness (QED) is 0.897. The summed E-state index contributed by atoms with van der Waals surface area (Å²) < 4.78 is 0. The second kappa shape index (κ2) is 6.39. The molecule has 0 bridgehead atoms. The van der Waals surface area contributed by atoms with Crippen molar-refractivity contribution in [1.82, 2.24) is 5.32 Å². The van der Waals surface area contributed by atoms with Crippen LogP contribution < -0.4 is 5.32 Å². The van der Waals surface area contributed by atoms with Crippen LogP contribution in [0.5, 0.6) is 0 Å². The molecule has 0 aromatic carbocycles. The van der Waals surface area contributed by atoms with Gasteiger partial charge in [-0.3, -0.25) is 9.59 Å². The minimum absolute atomic E-state index is 0.00941. The number of nitrogens with one attached hydrogen (secondary N) is 1. The number of rotatable bonds is 4. The van der Waals surface area contributed by atoms with Gasteiger partial charge in [-0.15, -0.1) is 11.3 Å². The monoisotopic (exact) mass is 295 g/mol. The van der Waals surface area contributed by atoms with Crippen LogP contribution in [0.3, 0.4) is 0 Å². The molecule has 2 atom stereocenters. The van der Waals surface area contributed by atoms with Crippen LogP contribution in [0.2, 0.25) is 0 Å². The van der Waals surface area contributed by atoms with Crippen molar-refractivity contribution in [2.45, 2.75) is 52.0 Å². The molecule has 1 aromatic rings. The largest absolute Gasteiger partial charge is 0.481 e. The summed E-state index contributed by atoms with van der Waals surface area (Å²) in [6, 6.07) is 1.92. The van der Waals surface area contributed by atoms with E-state index in [1.807, 2.05) is 13.0 Å². The molecule has 1 aliphatic carbocycles. The van der Waals surface area contributed by atoms with E-state index >= 15 is 0 Å². The molecular formula is C15H21NO3S. The molecule has 0 aliphatic heterocycles. The van der Waals surface area contributed by atoms with E-state index in [9.17, 15) is 9.59 Å². The fraction of sp³-hybridized carbons (Fsp3) is 0.600. The summed E-state index contributed by atoms with van der Waals surface area (Å²) in [5, 5.41) is 12.1. The number of carboxylic acid groups (broad SMARTS) is 1. The van der Waals surface area contributed by atoms with E-state index in [0.717, 1.165) is 36.1 Å². The lowest BCUT2D eigenvalue weighted by molar-refractivity contribution is -0.143. The van der Waals surface area contributed by atoms with Crippen LogP contribution >= 0.6 is 11.3 Å². The standard InChI is InChI=1S/C15H21NO3S/c1-3-12-9(2)7-13(20-12)14(17)16-11-6-4-5-10(8-11)15(18)19/h7,10-11H,3-6,8H2,1-2H3,(H,16,17)(H,18,19). The molecule has 2 unspecified atom stereocenters. The van der Waals surface area contributed by atoms with Crippen molar-refractivity contribution in [3.05, 3.63) is 21.4 Å². The molecular weight excluding hydrogens is 274 g/mol. The Kier molecular flexibility index (Phi) is 4.81. The molecule has 0 saturated heterocycles. The highest BCUT2D eigenvalue weighted by atomic mass is 32.1. The molecule has 0 spiro atoms. The van der Waals surface area contributed by atoms with Gasteiger partial charge in [-0.25, -0.2) is 0 Å². The number of hydrogen-bond acceptors (Lipinski definition) is 3. The first-order valence-corrected chi connectivity index (χ1v) is 7.95. The minimum Gasteiger partial charge on any atom is -0.481 e. The van der Waals surface area contributed by atoms with E-state index in [0.29, 0.717) is 6.42 Å². The van der Waals surface area contributed by atoms with Gasteiger partial charge in [-0.2, -0.15) is 0 Å². The van der Waals surface area contributed by atoms with Crippen LogP contribution in [0.25, 0.3) is 0 Å². The Balaban J connectivity index is 1.98. The first-order chi connectivity index (χ1) is 9.51. The summed E-state index contributed by atoms with van der Waals surface area (Å²) in [4.78, 5) is 25.2. The van der Waals surface area contributed by atoms with Crippen molar-refractivity contribution in [3.8, 4) is 0 Å². The van der Waals surface area contributed by atoms with E-state index < -0.39 is 5.97 Å². The molecule has 1 amide bonds. The van der Waals surface area contributed by atoms with Gasteiger partial charge in [0, 0.05) is 10.9 Å². The number of carbonyl (C=O) groups is 2. The predicted molar refractivity (Wildman–Crippen MR) is 79.3 cm³/mol. The Morgan fingerprint density at radius 1 is 1.45 bits per heavy atom. The SMILES string of the molecule is CCc1sc(C(=O)NC2CCCC(C(=O)O)C2)cc1C. The minimum atomic E-state index is -0.746. The zero-order valence-corrected chi connectivity index (χ0v) is 12.8. The number of carboxylic acids is 1. The summed E-state index contributed by atoms with van der Waals surface area (Å²) in [7, 11) is 0. The summed E-state index contributed by atoms with van der Waals surface area (Å²) in [6.07, 6.45) is 3.95. The molecule has 20 heavy (non-hydrogen) atoms. The van der Waals surface area contributed by atoms with Crippen LogP contribution in [-0.2, 0) is 11.2 Å². The normalized spacial score (nSPS) is 22.5. The zero-order valence-electron chi connectivity index (χ0n) is 11.9. The van der Waals surface area contributed by atoms with Crippen LogP contribution in [0.1, 0.15) is 52.7 Å². The van der Waals surface area contributed by atoms with Crippen LogP contribution in [0, 0.1) is 12.8 Å². The number of thiophene rings is 1. The van der Waals surface area contributed by atoms with Gasteiger partial charge in [-0.1, -0.05) is 13.3 Å². The molecule has 1 saturated carbocycles. The lowest BCUT2D eigenvalue weighted by Gasteiger charge is -2.27. The predicted octanol–water partition coefficient (Wildman–Crippen LogP) is 2.99. The highest BCUT2D eigenvalue weighted by molar-refractivity contribution is 7.14. The van der Waals surface area contributed by atoms with Gasteiger partial charge in [0.15, 0.2) is 0 Å².